The molecule has 1 N–H and O–H groups in total. The smallest absolute Gasteiger partial charge is 0.326 e. The molecule has 2 aromatic carbocycles. The molecule has 6 heteroatoms. The lowest BCUT2D eigenvalue weighted by Gasteiger charge is -2.07. The van der Waals surface area contributed by atoms with E-state index in [2.05, 4.69) is 5.32 Å². The molecule has 0 saturated carbocycles. The molecule has 0 saturated heterocycles. The van der Waals surface area contributed by atoms with Crippen molar-refractivity contribution >= 4 is 34.2 Å². The molecular weight excluding hydrogens is 338 g/mol. The lowest BCUT2D eigenvalue weighted by atomic mass is 10.2. The monoisotopic (exact) mass is 357 g/mol. The summed E-state index contributed by atoms with van der Waals surface area (Å²) >= 11 is 6.08. The van der Waals surface area contributed by atoms with Gasteiger partial charge in [-0.25, -0.2) is 4.79 Å². The van der Waals surface area contributed by atoms with Gasteiger partial charge in [-0.15, -0.1) is 0 Å². The first kappa shape index (κ1) is 17.3. The lowest BCUT2D eigenvalue weighted by Crippen LogP contribution is -2.25. The third-order valence-corrected chi connectivity index (χ3v) is 4.67. The van der Waals surface area contributed by atoms with E-state index in [1.165, 1.54) is 0 Å². The molecule has 0 unspecified atom stereocenters. The molecule has 0 atom stereocenters. The topological polar surface area (TPSA) is 56.0 Å². The zero-order valence-electron chi connectivity index (χ0n) is 14.3. The van der Waals surface area contributed by atoms with Crippen molar-refractivity contribution in [2.24, 2.45) is 0 Å². The molecule has 3 rings (SSSR count). The van der Waals surface area contributed by atoms with E-state index in [4.69, 9.17) is 11.6 Å². The molecule has 130 valence electrons. The van der Waals surface area contributed by atoms with Crippen LogP contribution in [0.5, 0.6) is 0 Å². The van der Waals surface area contributed by atoms with Gasteiger partial charge in [-0.2, -0.15) is 0 Å². The van der Waals surface area contributed by atoms with Crippen molar-refractivity contribution in [3.05, 3.63) is 63.5 Å². The molecule has 0 fully saturated rings. The Bertz CT molecular complexity index is 988. The Kier molecular flexibility index (Phi) is 4.95. The lowest BCUT2D eigenvalue weighted by molar-refractivity contribution is -0.116. The summed E-state index contributed by atoms with van der Waals surface area (Å²) in [4.78, 5) is 24.8. The van der Waals surface area contributed by atoms with Crippen LogP contribution in [0.4, 0.5) is 5.69 Å². The van der Waals surface area contributed by atoms with Crippen LogP contribution in [0.25, 0.3) is 11.0 Å². The van der Waals surface area contributed by atoms with Crippen LogP contribution in [0.3, 0.4) is 0 Å². The number of anilines is 1. The zero-order chi connectivity index (χ0) is 18.0. The molecule has 0 aliphatic heterocycles. The molecule has 0 aliphatic rings. The predicted octanol–water partition coefficient (Wildman–Crippen LogP) is 3.81. The van der Waals surface area contributed by atoms with Crippen molar-refractivity contribution in [2.45, 2.75) is 33.4 Å². The maximum absolute atomic E-state index is 12.5. The van der Waals surface area contributed by atoms with Crippen molar-refractivity contribution in [1.82, 2.24) is 9.13 Å². The number of para-hydroxylation sites is 2. The quantitative estimate of drug-likeness (QED) is 0.754. The summed E-state index contributed by atoms with van der Waals surface area (Å²) in [6.45, 7) is 4.77. The van der Waals surface area contributed by atoms with Crippen LogP contribution in [0, 0.1) is 6.92 Å². The first-order valence-electron chi connectivity index (χ1n) is 8.25. The first-order valence-corrected chi connectivity index (χ1v) is 8.63. The standard InChI is InChI=1S/C19H20ClN3O2/c1-3-22-16-6-4-5-7-17(16)23(19(22)25)11-10-18(24)21-14-9-8-13(2)15(20)12-14/h4-9,12H,3,10-11H2,1-2H3,(H,21,24). The Hall–Kier alpha value is -2.53. The Balaban J connectivity index is 1.76. The Morgan fingerprint density at radius 2 is 1.80 bits per heavy atom. The highest BCUT2D eigenvalue weighted by Gasteiger charge is 2.13. The molecule has 0 spiro atoms. The maximum Gasteiger partial charge on any atom is 0.329 e. The number of nitrogens with zero attached hydrogens (tertiary/aromatic N) is 2. The van der Waals surface area contributed by atoms with Gasteiger partial charge in [-0.3, -0.25) is 13.9 Å². The summed E-state index contributed by atoms with van der Waals surface area (Å²) in [6.07, 6.45) is 0.211. The predicted molar refractivity (Wildman–Crippen MR) is 101 cm³/mol. The van der Waals surface area contributed by atoms with Gasteiger partial charge in [0.05, 0.1) is 11.0 Å². The van der Waals surface area contributed by atoms with Crippen LogP contribution in [-0.2, 0) is 17.9 Å². The average molecular weight is 358 g/mol. The van der Waals surface area contributed by atoms with Crippen LogP contribution in [0.15, 0.2) is 47.3 Å². The van der Waals surface area contributed by atoms with Gasteiger partial charge in [0.1, 0.15) is 0 Å². The molecule has 5 nitrogen and oxygen atoms in total. The van der Waals surface area contributed by atoms with Crippen molar-refractivity contribution in [1.29, 1.82) is 0 Å². The fourth-order valence-corrected chi connectivity index (χ4v) is 3.08. The van der Waals surface area contributed by atoms with Gasteiger partial charge in [0, 0.05) is 30.2 Å². The molecule has 1 aromatic heterocycles. The van der Waals surface area contributed by atoms with Crippen LogP contribution in [0.1, 0.15) is 18.9 Å². The molecule has 25 heavy (non-hydrogen) atoms. The van der Waals surface area contributed by atoms with Crippen molar-refractivity contribution in [3.63, 3.8) is 0 Å². The van der Waals surface area contributed by atoms with Gasteiger partial charge in [0.15, 0.2) is 0 Å². The van der Waals surface area contributed by atoms with E-state index in [1.54, 1.807) is 15.2 Å². The number of halogens is 1. The number of carbonyl (C=O) groups excluding carboxylic acids is 1. The number of rotatable bonds is 5. The fourth-order valence-electron chi connectivity index (χ4n) is 2.90. The third-order valence-electron chi connectivity index (χ3n) is 4.26. The Morgan fingerprint density at radius 3 is 2.44 bits per heavy atom. The molecular formula is C19H20ClN3O2. The number of aromatic nitrogens is 2. The molecule has 0 radical (unpaired) electrons. The van der Waals surface area contributed by atoms with E-state index in [-0.39, 0.29) is 18.0 Å². The van der Waals surface area contributed by atoms with E-state index < -0.39 is 0 Å². The second-order valence-corrected chi connectivity index (χ2v) is 6.34. The van der Waals surface area contributed by atoms with E-state index in [0.717, 1.165) is 16.6 Å². The number of amides is 1. The van der Waals surface area contributed by atoms with Crippen LogP contribution in [0.2, 0.25) is 5.02 Å². The number of hydrogen-bond acceptors (Lipinski definition) is 2. The van der Waals surface area contributed by atoms with Gasteiger partial charge in [-0.1, -0.05) is 29.8 Å². The summed E-state index contributed by atoms with van der Waals surface area (Å²) in [7, 11) is 0. The van der Waals surface area contributed by atoms with Gasteiger partial charge in [0.25, 0.3) is 0 Å². The van der Waals surface area contributed by atoms with Gasteiger partial charge >= 0.3 is 5.69 Å². The number of nitrogens with one attached hydrogen (secondary N) is 1. The SMILES string of the molecule is CCn1c(=O)n(CCC(=O)Nc2ccc(C)c(Cl)c2)c2ccccc21. The summed E-state index contributed by atoms with van der Waals surface area (Å²) in [5.41, 5.74) is 3.26. The van der Waals surface area contributed by atoms with Gasteiger partial charge in [-0.05, 0) is 43.7 Å². The number of fused-ring (bicyclic) bond motifs is 1. The van der Waals surface area contributed by atoms with E-state index >= 15 is 0 Å². The summed E-state index contributed by atoms with van der Waals surface area (Å²) < 4.78 is 3.37. The van der Waals surface area contributed by atoms with Crippen LogP contribution >= 0.6 is 11.6 Å². The number of benzene rings is 2. The normalized spacial score (nSPS) is 11.0. The molecule has 3 aromatic rings. The van der Waals surface area contributed by atoms with E-state index in [0.29, 0.717) is 23.8 Å². The maximum atomic E-state index is 12.5. The second-order valence-electron chi connectivity index (χ2n) is 5.93. The highest BCUT2D eigenvalue weighted by atomic mass is 35.5. The van der Waals surface area contributed by atoms with Crippen molar-refractivity contribution in [2.75, 3.05) is 5.32 Å². The highest BCUT2D eigenvalue weighted by molar-refractivity contribution is 6.31. The number of hydrogen-bond donors (Lipinski definition) is 1. The van der Waals surface area contributed by atoms with Crippen LogP contribution < -0.4 is 11.0 Å². The minimum atomic E-state index is -0.153. The summed E-state index contributed by atoms with van der Waals surface area (Å²) in [5.74, 6) is -0.153. The zero-order valence-corrected chi connectivity index (χ0v) is 15.0. The van der Waals surface area contributed by atoms with Gasteiger partial charge in [0.2, 0.25) is 5.91 Å². The molecule has 1 heterocycles. The Labute approximate surface area is 150 Å². The first-order chi connectivity index (χ1) is 12.0. The fraction of sp³-hybridized carbons (Fsp3) is 0.263. The molecule has 0 bridgehead atoms. The number of imidazole rings is 1. The molecule has 0 aliphatic carbocycles. The highest BCUT2D eigenvalue weighted by Crippen LogP contribution is 2.20. The third kappa shape index (κ3) is 3.46. The minimum absolute atomic E-state index is 0.0881. The largest absolute Gasteiger partial charge is 0.329 e. The van der Waals surface area contributed by atoms with Crippen molar-refractivity contribution < 1.29 is 4.79 Å². The molecule has 1 amide bonds. The van der Waals surface area contributed by atoms with Gasteiger partial charge < -0.3 is 5.32 Å². The van der Waals surface area contributed by atoms with Crippen molar-refractivity contribution in [3.8, 4) is 0 Å². The summed E-state index contributed by atoms with van der Waals surface area (Å²) in [5, 5.41) is 3.43. The second kappa shape index (κ2) is 7.15. The van der Waals surface area contributed by atoms with Crippen LogP contribution in [-0.4, -0.2) is 15.0 Å². The number of carbonyl (C=O) groups is 1. The average Bonchev–Trinajstić information content (AvgIpc) is 2.87. The summed E-state index contributed by atoms with van der Waals surface area (Å²) in [6, 6.07) is 13.0. The Morgan fingerprint density at radius 1 is 1.12 bits per heavy atom. The minimum Gasteiger partial charge on any atom is -0.326 e. The number of aryl methyl sites for hydroxylation is 3. The van der Waals surface area contributed by atoms with E-state index in [9.17, 15) is 9.59 Å². The van der Waals surface area contributed by atoms with E-state index in [1.807, 2.05) is 50.2 Å².